The zero-order chi connectivity index (χ0) is 11.5. The summed E-state index contributed by atoms with van der Waals surface area (Å²) >= 11 is 0. The number of ether oxygens (including phenoxy) is 2. The maximum absolute atomic E-state index is 11.7. The van der Waals surface area contributed by atoms with Crippen molar-refractivity contribution in [3.63, 3.8) is 0 Å². The van der Waals surface area contributed by atoms with E-state index in [9.17, 15) is 4.79 Å². The van der Waals surface area contributed by atoms with Crippen LogP contribution in [-0.2, 0) is 9.47 Å². The van der Waals surface area contributed by atoms with Crippen molar-refractivity contribution >= 4 is 6.09 Å². The van der Waals surface area contributed by atoms with Crippen LogP contribution in [0.3, 0.4) is 0 Å². The summed E-state index contributed by atoms with van der Waals surface area (Å²) in [6, 6.07) is -0.311. The summed E-state index contributed by atoms with van der Waals surface area (Å²) in [4.78, 5) is 13.3. The topological polar surface area (TPSA) is 38.8 Å². The Morgan fingerprint density at radius 3 is 2.80 bits per heavy atom. The third kappa shape index (κ3) is 3.45. The molecule has 1 amide bonds. The predicted octanol–water partition coefficient (Wildman–Crippen LogP) is 1.26. The molecule has 1 aliphatic heterocycles. The van der Waals surface area contributed by atoms with Gasteiger partial charge in [0.2, 0.25) is 0 Å². The van der Waals surface area contributed by atoms with Gasteiger partial charge in [0.15, 0.2) is 0 Å². The molecule has 15 heavy (non-hydrogen) atoms. The van der Waals surface area contributed by atoms with Gasteiger partial charge in [0, 0.05) is 6.54 Å². The number of morpholine rings is 1. The normalized spacial score (nSPS) is 22.0. The van der Waals surface area contributed by atoms with Crippen molar-refractivity contribution in [2.45, 2.75) is 32.4 Å². The molecule has 1 saturated heterocycles. The minimum absolute atomic E-state index is 0.311. The van der Waals surface area contributed by atoms with E-state index in [0.29, 0.717) is 19.8 Å². The van der Waals surface area contributed by atoms with Crippen molar-refractivity contribution < 1.29 is 14.3 Å². The van der Waals surface area contributed by atoms with Crippen LogP contribution in [0.4, 0.5) is 4.79 Å². The molecular formula is C11H17NO3. The first-order valence-electron chi connectivity index (χ1n) is 4.97. The summed E-state index contributed by atoms with van der Waals surface area (Å²) in [6.07, 6.45) is 4.95. The maximum atomic E-state index is 11.7. The number of hydrogen-bond donors (Lipinski definition) is 0. The average molecular weight is 211 g/mol. The van der Waals surface area contributed by atoms with Crippen LogP contribution >= 0.6 is 0 Å². The van der Waals surface area contributed by atoms with Gasteiger partial charge in [-0.1, -0.05) is 5.92 Å². The molecule has 0 aliphatic carbocycles. The lowest BCUT2D eigenvalue weighted by atomic mass is 10.2. The number of carbonyl (C=O) groups excluding carboxylic acids is 1. The van der Waals surface area contributed by atoms with E-state index < -0.39 is 5.60 Å². The van der Waals surface area contributed by atoms with E-state index >= 15 is 0 Å². The minimum atomic E-state index is -0.492. The van der Waals surface area contributed by atoms with Gasteiger partial charge < -0.3 is 9.47 Å². The summed E-state index contributed by atoms with van der Waals surface area (Å²) in [5.41, 5.74) is -0.492. The Morgan fingerprint density at radius 2 is 2.27 bits per heavy atom. The van der Waals surface area contributed by atoms with Crippen molar-refractivity contribution in [2.24, 2.45) is 0 Å². The quantitative estimate of drug-likeness (QED) is 0.566. The van der Waals surface area contributed by atoms with Crippen LogP contribution in [-0.4, -0.2) is 42.4 Å². The molecule has 1 aliphatic rings. The summed E-state index contributed by atoms with van der Waals surface area (Å²) < 4.78 is 10.4. The zero-order valence-electron chi connectivity index (χ0n) is 9.45. The van der Waals surface area contributed by atoms with Crippen LogP contribution in [0.5, 0.6) is 0 Å². The highest BCUT2D eigenvalue weighted by Crippen LogP contribution is 2.13. The average Bonchev–Trinajstić information content (AvgIpc) is 2.15. The van der Waals surface area contributed by atoms with Crippen LogP contribution in [0.1, 0.15) is 20.8 Å². The Kier molecular flexibility index (Phi) is 3.59. The molecule has 4 heteroatoms. The number of terminal acetylenes is 1. The fourth-order valence-corrected chi connectivity index (χ4v) is 1.28. The first kappa shape index (κ1) is 11.9. The molecule has 0 N–H and O–H groups in total. The molecule has 0 spiro atoms. The third-order valence-corrected chi connectivity index (χ3v) is 1.95. The standard InChI is InChI=1S/C11H17NO3/c1-5-9-8-14-7-6-12(9)10(13)15-11(2,3)4/h1,9H,6-8H2,2-4H3. The van der Waals surface area contributed by atoms with Gasteiger partial charge in [-0.2, -0.15) is 0 Å². The van der Waals surface area contributed by atoms with Gasteiger partial charge in [0.1, 0.15) is 11.6 Å². The number of nitrogens with zero attached hydrogens (tertiary/aromatic N) is 1. The van der Waals surface area contributed by atoms with Gasteiger partial charge in [0.05, 0.1) is 13.2 Å². The number of hydrogen-bond acceptors (Lipinski definition) is 3. The summed E-state index contributed by atoms with van der Waals surface area (Å²) in [5.74, 6) is 2.52. The molecule has 0 aromatic heterocycles. The first-order chi connectivity index (χ1) is 6.94. The lowest BCUT2D eigenvalue weighted by molar-refractivity contribution is -0.0198. The molecule has 0 aromatic carbocycles. The van der Waals surface area contributed by atoms with Crippen LogP contribution in [0.2, 0.25) is 0 Å². The lowest BCUT2D eigenvalue weighted by Gasteiger charge is -2.33. The lowest BCUT2D eigenvalue weighted by Crippen LogP contribution is -2.49. The molecular weight excluding hydrogens is 194 g/mol. The third-order valence-electron chi connectivity index (χ3n) is 1.95. The minimum Gasteiger partial charge on any atom is -0.444 e. The van der Waals surface area contributed by atoms with E-state index in [1.54, 1.807) is 0 Å². The van der Waals surface area contributed by atoms with Gasteiger partial charge in [-0.3, -0.25) is 4.90 Å². The second kappa shape index (κ2) is 4.54. The summed E-state index contributed by atoms with van der Waals surface area (Å²) in [6.45, 7) is 6.87. The molecule has 0 aromatic rings. The smallest absolute Gasteiger partial charge is 0.411 e. The van der Waals surface area contributed by atoms with E-state index in [-0.39, 0.29) is 12.1 Å². The van der Waals surface area contributed by atoms with Crippen LogP contribution in [0.25, 0.3) is 0 Å². The van der Waals surface area contributed by atoms with Gasteiger partial charge >= 0.3 is 6.09 Å². The van der Waals surface area contributed by atoms with Crippen molar-refractivity contribution in [3.8, 4) is 12.3 Å². The highest BCUT2D eigenvalue weighted by atomic mass is 16.6. The highest BCUT2D eigenvalue weighted by Gasteiger charge is 2.29. The second-order valence-corrected chi connectivity index (χ2v) is 4.43. The van der Waals surface area contributed by atoms with E-state index in [1.165, 1.54) is 4.90 Å². The number of carbonyl (C=O) groups is 1. The summed E-state index contributed by atoms with van der Waals surface area (Å²) in [5, 5.41) is 0. The molecule has 1 atom stereocenters. The Hall–Kier alpha value is -1.21. The van der Waals surface area contributed by atoms with Crippen LogP contribution in [0.15, 0.2) is 0 Å². The predicted molar refractivity (Wildman–Crippen MR) is 56.4 cm³/mol. The molecule has 0 radical (unpaired) electrons. The van der Waals surface area contributed by atoms with Crippen LogP contribution < -0.4 is 0 Å². The molecule has 4 nitrogen and oxygen atoms in total. The van der Waals surface area contributed by atoms with Gasteiger partial charge in [-0.05, 0) is 20.8 Å². The van der Waals surface area contributed by atoms with E-state index in [2.05, 4.69) is 5.92 Å². The highest BCUT2D eigenvalue weighted by molar-refractivity contribution is 5.69. The fourth-order valence-electron chi connectivity index (χ4n) is 1.28. The summed E-state index contributed by atoms with van der Waals surface area (Å²) in [7, 11) is 0. The number of rotatable bonds is 0. The monoisotopic (exact) mass is 211 g/mol. The fraction of sp³-hybridized carbons (Fsp3) is 0.727. The van der Waals surface area contributed by atoms with E-state index in [1.807, 2.05) is 20.8 Å². The first-order valence-corrected chi connectivity index (χ1v) is 4.97. The molecule has 1 heterocycles. The molecule has 1 fully saturated rings. The molecule has 0 saturated carbocycles. The second-order valence-electron chi connectivity index (χ2n) is 4.43. The Bertz CT molecular complexity index is 275. The molecule has 0 bridgehead atoms. The maximum Gasteiger partial charge on any atom is 0.411 e. The molecule has 84 valence electrons. The van der Waals surface area contributed by atoms with E-state index in [0.717, 1.165) is 0 Å². The van der Waals surface area contributed by atoms with Gasteiger partial charge in [-0.15, -0.1) is 6.42 Å². The van der Waals surface area contributed by atoms with Crippen molar-refractivity contribution in [1.29, 1.82) is 0 Å². The molecule has 1 unspecified atom stereocenters. The Labute approximate surface area is 90.5 Å². The van der Waals surface area contributed by atoms with Crippen molar-refractivity contribution in [3.05, 3.63) is 0 Å². The van der Waals surface area contributed by atoms with Crippen molar-refractivity contribution in [1.82, 2.24) is 4.90 Å². The Morgan fingerprint density at radius 1 is 1.60 bits per heavy atom. The SMILES string of the molecule is C#CC1COCCN1C(=O)OC(C)(C)C. The largest absolute Gasteiger partial charge is 0.444 e. The molecule has 1 rings (SSSR count). The zero-order valence-corrected chi connectivity index (χ0v) is 9.45. The van der Waals surface area contributed by atoms with Crippen LogP contribution in [0, 0.1) is 12.3 Å². The van der Waals surface area contributed by atoms with Crippen molar-refractivity contribution in [2.75, 3.05) is 19.8 Å². The number of amides is 1. The van der Waals surface area contributed by atoms with E-state index in [4.69, 9.17) is 15.9 Å². The van der Waals surface area contributed by atoms with Gasteiger partial charge in [0.25, 0.3) is 0 Å². The van der Waals surface area contributed by atoms with Gasteiger partial charge in [-0.25, -0.2) is 4.79 Å². The Balaban J connectivity index is 2.61.